The summed E-state index contributed by atoms with van der Waals surface area (Å²) in [7, 11) is 0. The molecule has 0 bridgehead atoms. The summed E-state index contributed by atoms with van der Waals surface area (Å²) in [4.78, 5) is 11.2. The highest BCUT2D eigenvalue weighted by atomic mass is 35.5. The highest BCUT2D eigenvalue weighted by Gasteiger charge is 2.21. The van der Waals surface area contributed by atoms with Gasteiger partial charge in [-0.3, -0.25) is 10.1 Å². The number of allylic oxidation sites excluding steroid dienone is 1. The zero-order chi connectivity index (χ0) is 23.9. The molecule has 35 heavy (non-hydrogen) atoms. The summed E-state index contributed by atoms with van der Waals surface area (Å²) >= 11 is 6.85. The first-order chi connectivity index (χ1) is 17.1. The molecule has 4 aromatic carbocycles. The van der Waals surface area contributed by atoms with Gasteiger partial charge in [0.2, 0.25) is 0 Å². The van der Waals surface area contributed by atoms with Crippen LogP contribution < -0.4 is 0 Å². The Bertz CT molecular complexity index is 1650. The van der Waals surface area contributed by atoms with Crippen molar-refractivity contribution in [2.75, 3.05) is 0 Å². The Balaban J connectivity index is 1.54. The van der Waals surface area contributed by atoms with Gasteiger partial charge in [0.05, 0.1) is 21.7 Å². The summed E-state index contributed by atoms with van der Waals surface area (Å²) < 4.78 is 2.32. The molecule has 0 fully saturated rings. The van der Waals surface area contributed by atoms with Gasteiger partial charge in [0.1, 0.15) is 0 Å². The molecule has 0 radical (unpaired) electrons. The fourth-order valence-electron chi connectivity index (χ4n) is 5.12. The van der Waals surface area contributed by atoms with E-state index in [0.29, 0.717) is 10.6 Å². The molecule has 0 saturated heterocycles. The molecule has 1 aliphatic rings. The molecule has 170 valence electrons. The lowest BCUT2D eigenvalue weighted by Gasteiger charge is -2.17. The molecule has 0 saturated carbocycles. The Morgan fingerprint density at radius 2 is 1.57 bits per heavy atom. The van der Waals surface area contributed by atoms with Crippen molar-refractivity contribution < 1.29 is 4.92 Å². The minimum Gasteiger partial charge on any atom is -0.309 e. The highest BCUT2D eigenvalue weighted by Crippen LogP contribution is 2.40. The monoisotopic (exact) mass is 476 g/mol. The van der Waals surface area contributed by atoms with Crippen LogP contribution >= 0.6 is 11.6 Å². The first-order valence-corrected chi connectivity index (χ1v) is 11.9. The van der Waals surface area contributed by atoms with E-state index in [0.717, 1.165) is 35.2 Å². The van der Waals surface area contributed by atoms with Gasteiger partial charge in [-0.1, -0.05) is 78.3 Å². The van der Waals surface area contributed by atoms with E-state index in [2.05, 4.69) is 53.1 Å². The molecule has 5 aromatic rings. The Kier molecular flexibility index (Phi) is 5.24. The normalized spacial score (nSPS) is 12.6. The molecule has 0 spiro atoms. The summed E-state index contributed by atoms with van der Waals surface area (Å²) in [6.45, 7) is 0. The van der Waals surface area contributed by atoms with Gasteiger partial charge in [0.15, 0.2) is 0 Å². The predicted molar refractivity (Wildman–Crippen MR) is 143 cm³/mol. The van der Waals surface area contributed by atoms with E-state index in [9.17, 15) is 10.1 Å². The van der Waals surface area contributed by atoms with Crippen molar-refractivity contribution in [3.63, 3.8) is 0 Å². The minimum atomic E-state index is -0.361. The minimum absolute atomic E-state index is 0.0638. The summed E-state index contributed by atoms with van der Waals surface area (Å²) in [5.41, 5.74) is 8.03. The number of nitro groups is 1. The molecule has 0 amide bonds. The lowest BCUT2D eigenvalue weighted by atomic mass is 9.98. The first kappa shape index (κ1) is 21.4. The van der Waals surface area contributed by atoms with Gasteiger partial charge < -0.3 is 4.57 Å². The number of hydrogen-bond donors (Lipinski definition) is 0. The van der Waals surface area contributed by atoms with Crippen LogP contribution in [0.25, 0.3) is 44.9 Å². The molecule has 1 aromatic heterocycles. The lowest BCUT2D eigenvalue weighted by molar-refractivity contribution is -0.384. The Morgan fingerprint density at radius 3 is 2.40 bits per heavy atom. The summed E-state index contributed by atoms with van der Waals surface area (Å²) in [5.74, 6) is 0. The van der Waals surface area contributed by atoms with Gasteiger partial charge in [0, 0.05) is 33.3 Å². The van der Waals surface area contributed by atoms with Crippen LogP contribution in [0.3, 0.4) is 0 Å². The van der Waals surface area contributed by atoms with Crippen LogP contribution in [0.1, 0.15) is 17.7 Å². The maximum Gasteiger partial charge on any atom is 0.277 e. The molecule has 4 nitrogen and oxygen atoms in total. The Morgan fingerprint density at radius 1 is 0.829 bits per heavy atom. The molecule has 0 aliphatic heterocycles. The van der Waals surface area contributed by atoms with Crippen LogP contribution in [0.15, 0.2) is 97.1 Å². The highest BCUT2D eigenvalue weighted by molar-refractivity contribution is 6.33. The number of aromatic nitrogens is 1. The van der Waals surface area contributed by atoms with E-state index < -0.39 is 0 Å². The standard InChI is InChI=1S/C30H21ClN2O2/c31-26-19-20(21-9-1-8-16-30(21)33(34)35)17-18-22(26)23-10-2-5-13-27(23)32-28-14-6-3-11-24(28)25-12-4-7-15-29(25)32/h1-3,5-11,13-19H,4,12H2. The van der Waals surface area contributed by atoms with Crippen LogP contribution in [0.4, 0.5) is 5.69 Å². The third-order valence-corrected chi connectivity index (χ3v) is 6.99. The second kappa shape index (κ2) is 8.57. The van der Waals surface area contributed by atoms with E-state index in [1.54, 1.807) is 18.2 Å². The fraction of sp³-hybridized carbons (Fsp3) is 0.0667. The van der Waals surface area contributed by atoms with Crippen LogP contribution in [0.2, 0.25) is 5.02 Å². The zero-order valence-corrected chi connectivity index (χ0v) is 19.6. The first-order valence-electron chi connectivity index (χ1n) is 11.6. The summed E-state index contributed by atoms with van der Waals surface area (Å²) in [6, 6.07) is 29.2. The van der Waals surface area contributed by atoms with Crippen molar-refractivity contribution >= 4 is 34.3 Å². The number of para-hydroxylation sites is 3. The van der Waals surface area contributed by atoms with Crippen LogP contribution in [0, 0.1) is 10.1 Å². The van der Waals surface area contributed by atoms with Gasteiger partial charge in [-0.05, 0) is 54.3 Å². The number of fused-ring (bicyclic) bond motifs is 3. The summed E-state index contributed by atoms with van der Waals surface area (Å²) in [5, 5.41) is 13.4. The second-order valence-electron chi connectivity index (χ2n) is 8.64. The molecule has 0 unspecified atom stereocenters. The average molecular weight is 477 g/mol. The molecule has 5 heteroatoms. The average Bonchev–Trinajstić information content (AvgIpc) is 3.23. The van der Waals surface area contributed by atoms with Crippen LogP contribution in [0.5, 0.6) is 0 Å². The molecule has 1 aliphatic carbocycles. The van der Waals surface area contributed by atoms with Crippen molar-refractivity contribution in [3.05, 3.63) is 123 Å². The van der Waals surface area contributed by atoms with Crippen molar-refractivity contribution in [1.29, 1.82) is 0 Å². The van der Waals surface area contributed by atoms with Crippen LogP contribution in [-0.2, 0) is 6.42 Å². The van der Waals surface area contributed by atoms with Crippen LogP contribution in [-0.4, -0.2) is 9.49 Å². The number of benzene rings is 4. The SMILES string of the molecule is O=[N+]([O-])c1ccccc1-c1ccc(-c2ccccc2-n2c3c(c4ccccc42)CCC=C3)c(Cl)c1. The molecular formula is C30H21ClN2O2. The second-order valence-corrected chi connectivity index (χ2v) is 9.05. The van der Waals surface area contributed by atoms with Crippen molar-refractivity contribution in [2.24, 2.45) is 0 Å². The number of hydrogen-bond acceptors (Lipinski definition) is 2. The Hall–Kier alpha value is -4.15. The molecule has 0 atom stereocenters. The number of nitro benzene ring substituents is 1. The van der Waals surface area contributed by atoms with Gasteiger partial charge in [-0.2, -0.15) is 0 Å². The summed E-state index contributed by atoms with van der Waals surface area (Å²) in [6.07, 6.45) is 6.51. The molecule has 6 rings (SSSR count). The molecule has 0 N–H and O–H groups in total. The van der Waals surface area contributed by atoms with Crippen molar-refractivity contribution in [1.82, 2.24) is 4.57 Å². The van der Waals surface area contributed by atoms with Crippen molar-refractivity contribution in [2.45, 2.75) is 12.8 Å². The largest absolute Gasteiger partial charge is 0.309 e. The van der Waals surface area contributed by atoms with Gasteiger partial charge in [0.25, 0.3) is 5.69 Å². The molecule has 1 heterocycles. The van der Waals surface area contributed by atoms with E-state index >= 15 is 0 Å². The predicted octanol–water partition coefficient (Wildman–Crippen LogP) is 8.49. The van der Waals surface area contributed by atoms with E-state index in [1.165, 1.54) is 28.2 Å². The number of rotatable bonds is 4. The Labute approximate surface area is 207 Å². The number of halogens is 1. The van der Waals surface area contributed by atoms with E-state index in [4.69, 9.17) is 11.6 Å². The van der Waals surface area contributed by atoms with Gasteiger partial charge in [-0.15, -0.1) is 0 Å². The maximum absolute atomic E-state index is 11.5. The topological polar surface area (TPSA) is 48.1 Å². The zero-order valence-electron chi connectivity index (χ0n) is 18.8. The lowest BCUT2D eigenvalue weighted by Crippen LogP contribution is -2.02. The number of aryl methyl sites for hydroxylation is 1. The third-order valence-electron chi connectivity index (χ3n) is 6.67. The quantitative estimate of drug-likeness (QED) is 0.193. The van der Waals surface area contributed by atoms with Gasteiger partial charge in [-0.25, -0.2) is 0 Å². The smallest absolute Gasteiger partial charge is 0.277 e. The fourth-order valence-corrected chi connectivity index (χ4v) is 5.40. The van der Waals surface area contributed by atoms with Crippen molar-refractivity contribution in [3.8, 4) is 27.9 Å². The maximum atomic E-state index is 11.5. The van der Waals surface area contributed by atoms with Gasteiger partial charge >= 0.3 is 0 Å². The van der Waals surface area contributed by atoms with E-state index in [1.807, 2.05) is 30.3 Å². The molecular weight excluding hydrogens is 456 g/mol. The number of nitrogens with zero attached hydrogens (tertiary/aromatic N) is 2. The third kappa shape index (κ3) is 3.54. The van der Waals surface area contributed by atoms with E-state index in [-0.39, 0.29) is 10.6 Å².